The predicted octanol–water partition coefficient (Wildman–Crippen LogP) is -0.142. The van der Waals surface area contributed by atoms with Gasteiger partial charge in [0.25, 0.3) is 0 Å². The number of para-hydroxylation sites is 1. The summed E-state index contributed by atoms with van der Waals surface area (Å²) >= 11 is 0. The van der Waals surface area contributed by atoms with Gasteiger partial charge in [0.1, 0.15) is 0 Å². The molecule has 0 aliphatic rings. The van der Waals surface area contributed by atoms with Crippen LogP contribution in [0.2, 0.25) is 0 Å². The average Bonchev–Trinajstić information content (AvgIpc) is 2.89. The molecule has 0 aliphatic heterocycles. The maximum Gasteiger partial charge on any atom is 1.00 e. The van der Waals surface area contributed by atoms with Gasteiger partial charge in [-0.05, 0) is 13.0 Å². The first-order valence-corrected chi connectivity index (χ1v) is 6.26. The number of ether oxygens (including phenoxy) is 1. The van der Waals surface area contributed by atoms with Crippen LogP contribution in [0.5, 0.6) is 0 Å². The average molecular weight is 259 g/mol. The molecule has 3 aromatic rings. The predicted molar refractivity (Wildman–Crippen MR) is 73.3 cm³/mol. The first-order chi connectivity index (χ1) is 9.40. The van der Waals surface area contributed by atoms with Crippen molar-refractivity contribution in [3.05, 3.63) is 66.4 Å². The van der Waals surface area contributed by atoms with Gasteiger partial charge in [-0.2, -0.15) is 0 Å². The van der Waals surface area contributed by atoms with Gasteiger partial charge in [-0.15, -0.1) is 29.4 Å². The molecule has 0 saturated heterocycles. The summed E-state index contributed by atoms with van der Waals surface area (Å²) < 4.78 is 7.50. The molecule has 96 valence electrons. The van der Waals surface area contributed by atoms with E-state index in [2.05, 4.69) is 10.3 Å². The Labute approximate surface area is 129 Å². The number of nitrogens with zero attached hydrogens (tertiary/aromatic N) is 3. The second kappa shape index (κ2) is 6.62. The number of rotatable bonds is 4. The van der Waals surface area contributed by atoms with E-state index in [4.69, 9.17) is 4.74 Å². The van der Waals surface area contributed by atoms with Crippen molar-refractivity contribution in [3.8, 4) is 0 Å². The second-order valence-corrected chi connectivity index (χ2v) is 4.09. The van der Waals surface area contributed by atoms with Crippen LogP contribution in [0.25, 0.3) is 11.0 Å². The van der Waals surface area contributed by atoms with Gasteiger partial charge in [-0.25, -0.2) is 0 Å². The fourth-order valence-electron chi connectivity index (χ4n) is 2.00. The number of hydrogen-bond acceptors (Lipinski definition) is 3. The first kappa shape index (κ1) is 14.7. The van der Waals surface area contributed by atoms with E-state index < -0.39 is 0 Å². The van der Waals surface area contributed by atoms with E-state index in [0.29, 0.717) is 12.8 Å². The zero-order valence-corrected chi connectivity index (χ0v) is 11.7. The Morgan fingerprint density at radius 2 is 1.75 bits per heavy atom. The van der Waals surface area contributed by atoms with E-state index in [9.17, 15) is 0 Å². The van der Waals surface area contributed by atoms with Crippen LogP contribution in [-0.4, -0.2) is 21.6 Å². The summed E-state index contributed by atoms with van der Waals surface area (Å²) in [5, 5.41) is 8.35. The van der Waals surface area contributed by atoms with Gasteiger partial charge in [-0.3, -0.25) is 4.68 Å². The molecule has 0 aliphatic carbocycles. The van der Waals surface area contributed by atoms with Crippen molar-refractivity contribution < 1.29 is 23.6 Å². The fourth-order valence-corrected chi connectivity index (χ4v) is 2.00. The van der Waals surface area contributed by atoms with Gasteiger partial charge < -0.3 is 4.74 Å². The van der Waals surface area contributed by atoms with Crippen LogP contribution in [0.15, 0.2) is 54.6 Å². The molecule has 0 fully saturated rings. The van der Waals surface area contributed by atoms with Crippen LogP contribution in [0, 0.1) is 6.23 Å². The molecule has 1 heterocycles. The Bertz CT molecular complexity index is 669. The Morgan fingerprint density at radius 1 is 1.05 bits per heavy atom. The minimum absolute atomic E-state index is 0. The van der Waals surface area contributed by atoms with E-state index >= 15 is 0 Å². The van der Waals surface area contributed by atoms with Crippen LogP contribution < -0.4 is 18.9 Å². The third-order valence-corrected chi connectivity index (χ3v) is 2.85. The molecule has 0 spiro atoms. The molecule has 0 radical (unpaired) electrons. The van der Waals surface area contributed by atoms with Crippen molar-refractivity contribution in [2.45, 2.75) is 6.92 Å². The van der Waals surface area contributed by atoms with E-state index in [1.54, 1.807) is 4.68 Å². The standard InChI is InChI=1S/C15H14N3O.Li/c1-2-19-15(12-8-4-3-5-9-12)18-14-11-7-6-10-13(14)16-17-18;/h3-11H,2H2,1H3;/q-1;+1. The minimum atomic E-state index is 0. The molecular weight excluding hydrogens is 245 g/mol. The van der Waals surface area contributed by atoms with Crippen molar-refractivity contribution in [2.24, 2.45) is 0 Å². The number of benzene rings is 2. The van der Waals surface area contributed by atoms with Gasteiger partial charge in [0.2, 0.25) is 0 Å². The maximum atomic E-state index is 5.76. The summed E-state index contributed by atoms with van der Waals surface area (Å²) in [5.41, 5.74) is 2.78. The number of aromatic nitrogens is 3. The summed E-state index contributed by atoms with van der Waals surface area (Å²) in [6, 6.07) is 17.8. The Hall–Kier alpha value is -1.73. The normalized spacial score (nSPS) is 10.2. The first-order valence-electron chi connectivity index (χ1n) is 6.26. The molecule has 0 unspecified atom stereocenters. The Kier molecular flexibility index (Phi) is 4.86. The summed E-state index contributed by atoms with van der Waals surface area (Å²) in [7, 11) is 0. The molecule has 0 atom stereocenters. The molecule has 0 saturated carbocycles. The molecule has 5 heteroatoms. The molecule has 0 bridgehead atoms. The summed E-state index contributed by atoms with van der Waals surface area (Å²) in [6.45, 7) is 2.54. The molecule has 20 heavy (non-hydrogen) atoms. The van der Waals surface area contributed by atoms with Crippen LogP contribution in [-0.2, 0) is 4.74 Å². The number of hydrogen-bond donors (Lipinski definition) is 0. The van der Waals surface area contributed by atoms with Crippen LogP contribution in [0.3, 0.4) is 0 Å². The SMILES string of the molecule is CCO[C-](c1ccccc1)n1nnc2ccccc21.[Li+]. The van der Waals surface area contributed by atoms with Crippen molar-refractivity contribution in [3.63, 3.8) is 0 Å². The van der Waals surface area contributed by atoms with Crippen LogP contribution in [0.1, 0.15) is 12.5 Å². The number of fused-ring (bicyclic) bond motifs is 1. The Morgan fingerprint density at radius 3 is 2.50 bits per heavy atom. The maximum absolute atomic E-state index is 5.76. The molecule has 0 amide bonds. The molecule has 2 aromatic carbocycles. The molecule has 0 N–H and O–H groups in total. The smallest absolute Gasteiger partial charge is 0.375 e. The van der Waals surface area contributed by atoms with Crippen molar-refractivity contribution >= 4 is 11.0 Å². The molecule has 4 nitrogen and oxygen atoms in total. The van der Waals surface area contributed by atoms with Crippen molar-refractivity contribution in [2.75, 3.05) is 6.61 Å². The van der Waals surface area contributed by atoms with Gasteiger partial charge >= 0.3 is 18.9 Å². The van der Waals surface area contributed by atoms with Crippen LogP contribution >= 0.6 is 0 Å². The quantitative estimate of drug-likeness (QED) is 0.483. The monoisotopic (exact) mass is 259 g/mol. The third kappa shape index (κ3) is 2.73. The van der Waals surface area contributed by atoms with Gasteiger partial charge in [-0.1, -0.05) is 35.0 Å². The van der Waals surface area contributed by atoms with Crippen LogP contribution in [0.4, 0.5) is 0 Å². The van der Waals surface area contributed by atoms with E-state index in [1.807, 2.05) is 61.5 Å². The fraction of sp³-hybridized carbons (Fsp3) is 0.133. The summed E-state index contributed by atoms with van der Waals surface area (Å²) in [4.78, 5) is 0. The van der Waals surface area contributed by atoms with Gasteiger partial charge in [0.05, 0.1) is 11.7 Å². The van der Waals surface area contributed by atoms with E-state index in [0.717, 1.165) is 16.6 Å². The van der Waals surface area contributed by atoms with Crippen molar-refractivity contribution in [1.29, 1.82) is 0 Å². The summed E-state index contributed by atoms with van der Waals surface area (Å²) in [6.07, 6.45) is 0.705. The minimum Gasteiger partial charge on any atom is -0.375 e. The summed E-state index contributed by atoms with van der Waals surface area (Å²) in [5.74, 6) is 0. The second-order valence-electron chi connectivity index (χ2n) is 4.09. The van der Waals surface area contributed by atoms with E-state index in [1.165, 1.54) is 0 Å². The molecule has 1 aromatic heterocycles. The molecular formula is C15H14LiN3O. The third-order valence-electron chi connectivity index (χ3n) is 2.85. The van der Waals surface area contributed by atoms with Gasteiger partial charge in [0.15, 0.2) is 0 Å². The molecule has 3 rings (SSSR count). The Balaban J connectivity index is 0.00000147. The zero-order chi connectivity index (χ0) is 13.1. The largest absolute Gasteiger partial charge is 1.00 e. The van der Waals surface area contributed by atoms with Crippen molar-refractivity contribution in [1.82, 2.24) is 15.0 Å². The zero-order valence-electron chi connectivity index (χ0n) is 11.7. The topological polar surface area (TPSA) is 39.9 Å². The van der Waals surface area contributed by atoms with E-state index in [-0.39, 0.29) is 18.9 Å². The van der Waals surface area contributed by atoms with Gasteiger partial charge in [0, 0.05) is 12.1 Å².